The van der Waals surface area contributed by atoms with Crippen LogP contribution in [0.2, 0.25) is 0 Å². The Balaban J connectivity index is 2.20. The molecule has 0 radical (unpaired) electrons. The van der Waals surface area contributed by atoms with Crippen molar-refractivity contribution in [3.63, 3.8) is 0 Å². The fourth-order valence-corrected chi connectivity index (χ4v) is 0.906. The number of rotatable bonds is 2. The molecule has 0 saturated heterocycles. The molecule has 0 aromatic rings. The molecule has 4 nitrogen and oxygen atoms in total. The average Bonchev–Trinajstić information content (AvgIpc) is 1.86. The van der Waals surface area contributed by atoms with Gasteiger partial charge in [-0.15, -0.1) is 0 Å². The Bertz CT molecular complexity index is 141. The van der Waals surface area contributed by atoms with Gasteiger partial charge in [-0.3, -0.25) is 0 Å². The highest BCUT2D eigenvalue weighted by molar-refractivity contribution is 4.81. The Hall–Kier alpha value is -0.730. The van der Waals surface area contributed by atoms with Gasteiger partial charge in [-0.1, -0.05) is 5.11 Å². The van der Waals surface area contributed by atoms with Crippen molar-refractivity contribution in [3.05, 3.63) is 10.4 Å². The molecule has 1 fully saturated rings. The minimum absolute atomic E-state index is 0.213. The zero-order chi connectivity index (χ0) is 6.69. The van der Waals surface area contributed by atoms with E-state index in [0.29, 0.717) is 6.54 Å². The summed E-state index contributed by atoms with van der Waals surface area (Å²) in [5.41, 5.74) is 7.90. The van der Waals surface area contributed by atoms with Crippen molar-refractivity contribution in [1.82, 2.24) is 0 Å². The molecule has 2 atom stereocenters. The van der Waals surface area contributed by atoms with E-state index in [9.17, 15) is 0 Å². The zero-order valence-electron chi connectivity index (χ0n) is 5.06. The van der Waals surface area contributed by atoms with Crippen LogP contribution < -0.4 is 0 Å². The Kier molecular flexibility index (Phi) is 1.92. The number of hydrogen-bond donors (Lipinski definition) is 1. The molecule has 0 bridgehead atoms. The molecule has 0 aliphatic heterocycles. The maximum absolute atomic E-state index is 8.95. The Morgan fingerprint density at radius 1 is 1.67 bits per heavy atom. The van der Waals surface area contributed by atoms with Crippen LogP contribution in [0.4, 0.5) is 0 Å². The van der Waals surface area contributed by atoms with Gasteiger partial charge in [-0.05, 0) is 24.3 Å². The summed E-state index contributed by atoms with van der Waals surface area (Å²) in [6, 6.07) is 0. The minimum Gasteiger partial charge on any atom is -0.393 e. The van der Waals surface area contributed by atoms with E-state index in [0.717, 1.165) is 12.8 Å². The summed E-state index contributed by atoms with van der Waals surface area (Å²) in [7, 11) is 0. The maximum Gasteiger partial charge on any atom is 0.0569 e. The first-order valence-corrected chi connectivity index (χ1v) is 3.03. The molecular formula is C5H9N3O. The predicted molar refractivity (Wildman–Crippen MR) is 32.7 cm³/mol. The van der Waals surface area contributed by atoms with E-state index in [1.165, 1.54) is 0 Å². The minimum atomic E-state index is -0.213. The third kappa shape index (κ3) is 1.34. The van der Waals surface area contributed by atoms with E-state index in [-0.39, 0.29) is 12.0 Å². The lowest BCUT2D eigenvalue weighted by atomic mass is 9.82. The number of hydrogen-bond acceptors (Lipinski definition) is 2. The molecule has 0 aromatic carbocycles. The van der Waals surface area contributed by atoms with Gasteiger partial charge in [0.1, 0.15) is 0 Å². The fourth-order valence-electron chi connectivity index (χ4n) is 0.906. The molecule has 0 heterocycles. The van der Waals surface area contributed by atoms with Crippen LogP contribution in [-0.2, 0) is 0 Å². The Morgan fingerprint density at radius 3 is 2.78 bits per heavy atom. The highest BCUT2D eigenvalue weighted by Gasteiger charge is 2.27. The third-order valence-corrected chi connectivity index (χ3v) is 1.76. The fraction of sp³-hybridized carbons (Fsp3) is 1.00. The average molecular weight is 127 g/mol. The van der Waals surface area contributed by atoms with Gasteiger partial charge < -0.3 is 5.11 Å². The van der Waals surface area contributed by atoms with Crippen LogP contribution in [0.5, 0.6) is 0 Å². The summed E-state index contributed by atoms with van der Waals surface area (Å²) in [5.74, 6) is 0.237. The van der Waals surface area contributed by atoms with Crippen molar-refractivity contribution in [1.29, 1.82) is 0 Å². The molecule has 4 heteroatoms. The summed E-state index contributed by atoms with van der Waals surface area (Å²) < 4.78 is 0. The summed E-state index contributed by atoms with van der Waals surface area (Å²) in [6.07, 6.45) is 1.65. The molecule has 50 valence electrons. The van der Waals surface area contributed by atoms with Gasteiger partial charge in [-0.25, -0.2) is 0 Å². The van der Waals surface area contributed by atoms with Gasteiger partial charge >= 0.3 is 0 Å². The zero-order valence-corrected chi connectivity index (χ0v) is 5.06. The second-order valence-electron chi connectivity index (χ2n) is 2.32. The van der Waals surface area contributed by atoms with Gasteiger partial charge in [0.25, 0.3) is 0 Å². The molecule has 0 aromatic heterocycles. The van der Waals surface area contributed by atoms with Crippen molar-refractivity contribution in [2.75, 3.05) is 6.54 Å². The van der Waals surface area contributed by atoms with E-state index >= 15 is 0 Å². The summed E-state index contributed by atoms with van der Waals surface area (Å²) in [4.78, 5) is 2.61. The van der Waals surface area contributed by atoms with E-state index in [4.69, 9.17) is 10.6 Å². The molecule has 9 heavy (non-hydrogen) atoms. The molecule has 1 N–H and O–H groups in total. The largest absolute Gasteiger partial charge is 0.393 e. The van der Waals surface area contributed by atoms with Crippen LogP contribution in [0.25, 0.3) is 10.4 Å². The van der Waals surface area contributed by atoms with Gasteiger partial charge in [-0.2, -0.15) is 0 Å². The summed E-state index contributed by atoms with van der Waals surface area (Å²) in [5, 5.41) is 12.3. The van der Waals surface area contributed by atoms with Gasteiger partial charge in [0.2, 0.25) is 0 Å². The standard InChI is InChI=1S/C5H9N3O/c6-8-7-3-4-1-2-5(4)9/h4-5,9H,1-3H2. The first-order valence-electron chi connectivity index (χ1n) is 3.03. The SMILES string of the molecule is [N-]=[N+]=NCC1CCC1O. The Labute approximate surface area is 53.1 Å². The lowest BCUT2D eigenvalue weighted by Gasteiger charge is -2.30. The maximum atomic E-state index is 8.95. The first-order chi connectivity index (χ1) is 4.34. The number of aliphatic hydroxyl groups excluding tert-OH is 1. The molecule has 1 saturated carbocycles. The van der Waals surface area contributed by atoms with Crippen molar-refractivity contribution >= 4 is 0 Å². The van der Waals surface area contributed by atoms with E-state index in [1.807, 2.05) is 0 Å². The lowest BCUT2D eigenvalue weighted by molar-refractivity contribution is 0.0292. The second-order valence-corrected chi connectivity index (χ2v) is 2.32. The highest BCUT2D eigenvalue weighted by atomic mass is 16.3. The molecule has 0 amide bonds. The smallest absolute Gasteiger partial charge is 0.0569 e. The van der Waals surface area contributed by atoms with Crippen molar-refractivity contribution in [2.45, 2.75) is 18.9 Å². The third-order valence-electron chi connectivity index (χ3n) is 1.76. The van der Waals surface area contributed by atoms with Crippen molar-refractivity contribution < 1.29 is 5.11 Å². The number of nitrogens with zero attached hydrogens (tertiary/aromatic N) is 3. The summed E-state index contributed by atoms with van der Waals surface area (Å²) >= 11 is 0. The predicted octanol–water partition coefficient (Wildman–Crippen LogP) is 1.07. The molecule has 1 aliphatic carbocycles. The van der Waals surface area contributed by atoms with Crippen LogP contribution in [-0.4, -0.2) is 17.8 Å². The van der Waals surface area contributed by atoms with Gasteiger partial charge in [0.05, 0.1) is 6.10 Å². The lowest BCUT2D eigenvalue weighted by Crippen LogP contribution is -2.32. The van der Waals surface area contributed by atoms with E-state index in [1.54, 1.807) is 0 Å². The molecular weight excluding hydrogens is 118 g/mol. The highest BCUT2D eigenvalue weighted by Crippen LogP contribution is 2.26. The molecule has 1 rings (SSSR count). The molecule has 0 spiro atoms. The topological polar surface area (TPSA) is 69.0 Å². The van der Waals surface area contributed by atoms with Crippen molar-refractivity contribution in [3.8, 4) is 0 Å². The first kappa shape index (κ1) is 6.39. The molecule has 2 unspecified atom stereocenters. The van der Waals surface area contributed by atoms with Gasteiger partial charge in [0.15, 0.2) is 0 Å². The van der Waals surface area contributed by atoms with E-state index in [2.05, 4.69) is 10.0 Å². The van der Waals surface area contributed by atoms with E-state index < -0.39 is 0 Å². The van der Waals surface area contributed by atoms with Crippen LogP contribution in [0.1, 0.15) is 12.8 Å². The normalized spacial score (nSPS) is 32.6. The number of azide groups is 1. The van der Waals surface area contributed by atoms with Crippen LogP contribution >= 0.6 is 0 Å². The summed E-state index contributed by atoms with van der Waals surface area (Å²) in [6.45, 7) is 0.456. The number of aliphatic hydroxyl groups is 1. The van der Waals surface area contributed by atoms with Crippen molar-refractivity contribution in [2.24, 2.45) is 11.0 Å². The van der Waals surface area contributed by atoms with Crippen LogP contribution in [0.15, 0.2) is 5.11 Å². The monoisotopic (exact) mass is 127 g/mol. The van der Waals surface area contributed by atoms with Gasteiger partial charge in [0, 0.05) is 11.5 Å². The molecule has 1 aliphatic rings. The van der Waals surface area contributed by atoms with Crippen LogP contribution in [0.3, 0.4) is 0 Å². The van der Waals surface area contributed by atoms with Crippen LogP contribution in [0, 0.1) is 5.92 Å². The Morgan fingerprint density at radius 2 is 2.44 bits per heavy atom. The second kappa shape index (κ2) is 2.71. The quantitative estimate of drug-likeness (QED) is 0.336.